The molecule has 1 aliphatic rings. The fourth-order valence-electron chi connectivity index (χ4n) is 2.67. The SMILES string of the molecule is Cc1nc(CCN2CCC[C@@H](N(C)C)CC2)cs1. The minimum Gasteiger partial charge on any atom is -0.306 e. The van der Waals surface area contributed by atoms with Crippen LogP contribution in [0.15, 0.2) is 5.38 Å². The first-order valence-electron chi connectivity index (χ1n) is 6.95. The van der Waals surface area contributed by atoms with Crippen LogP contribution in [0.2, 0.25) is 0 Å². The molecule has 1 saturated heterocycles. The second-order valence-corrected chi connectivity index (χ2v) is 6.56. The van der Waals surface area contributed by atoms with Crippen LogP contribution in [0.4, 0.5) is 0 Å². The molecule has 0 N–H and O–H groups in total. The summed E-state index contributed by atoms with van der Waals surface area (Å²) in [5.74, 6) is 0. The Morgan fingerprint density at radius 3 is 2.89 bits per heavy atom. The van der Waals surface area contributed by atoms with Crippen molar-refractivity contribution < 1.29 is 0 Å². The van der Waals surface area contributed by atoms with E-state index in [9.17, 15) is 0 Å². The van der Waals surface area contributed by atoms with Crippen molar-refractivity contribution in [2.24, 2.45) is 0 Å². The molecule has 0 bridgehead atoms. The molecule has 3 nitrogen and oxygen atoms in total. The van der Waals surface area contributed by atoms with Crippen LogP contribution in [0.25, 0.3) is 0 Å². The summed E-state index contributed by atoms with van der Waals surface area (Å²) in [6.07, 6.45) is 5.10. The van der Waals surface area contributed by atoms with Gasteiger partial charge in [0.1, 0.15) is 0 Å². The van der Waals surface area contributed by atoms with Crippen LogP contribution < -0.4 is 0 Å². The molecule has 1 aliphatic heterocycles. The predicted octanol–water partition coefficient (Wildman–Crippen LogP) is 2.41. The van der Waals surface area contributed by atoms with E-state index in [2.05, 4.69) is 41.2 Å². The molecule has 2 rings (SSSR count). The van der Waals surface area contributed by atoms with Gasteiger partial charge in [-0.25, -0.2) is 4.98 Å². The lowest BCUT2D eigenvalue weighted by atomic mass is 10.1. The quantitative estimate of drug-likeness (QED) is 0.835. The molecule has 4 heteroatoms. The first-order valence-corrected chi connectivity index (χ1v) is 7.83. The van der Waals surface area contributed by atoms with Crippen molar-refractivity contribution in [1.29, 1.82) is 0 Å². The largest absolute Gasteiger partial charge is 0.306 e. The Labute approximate surface area is 115 Å². The number of aromatic nitrogens is 1. The highest BCUT2D eigenvalue weighted by molar-refractivity contribution is 7.09. The van der Waals surface area contributed by atoms with Gasteiger partial charge in [-0.05, 0) is 53.4 Å². The van der Waals surface area contributed by atoms with Gasteiger partial charge in [-0.2, -0.15) is 0 Å². The standard InChI is InChI=1S/C14H25N3S/c1-12-15-13(11-18-12)6-9-17-8-4-5-14(7-10-17)16(2)3/h11,14H,4-10H2,1-3H3/t14-/m1/s1. The van der Waals surface area contributed by atoms with Crippen molar-refractivity contribution in [3.63, 3.8) is 0 Å². The summed E-state index contributed by atoms with van der Waals surface area (Å²) in [6, 6.07) is 0.775. The van der Waals surface area contributed by atoms with E-state index in [-0.39, 0.29) is 0 Å². The van der Waals surface area contributed by atoms with Crippen molar-refractivity contribution in [3.8, 4) is 0 Å². The lowest BCUT2D eigenvalue weighted by molar-refractivity contribution is 0.250. The van der Waals surface area contributed by atoms with Gasteiger partial charge in [0.25, 0.3) is 0 Å². The molecule has 1 aromatic heterocycles. The normalized spacial score (nSPS) is 22.3. The minimum absolute atomic E-state index is 0.775. The Bertz CT molecular complexity index is 362. The molecule has 0 aliphatic carbocycles. The van der Waals surface area contributed by atoms with Crippen molar-refractivity contribution >= 4 is 11.3 Å². The molecular weight excluding hydrogens is 242 g/mol. The van der Waals surface area contributed by atoms with Gasteiger partial charge in [0.2, 0.25) is 0 Å². The van der Waals surface area contributed by atoms with E-state index in [1.165, 1.54) is 49.6 Å². The van der Waals surface area contributed by atoms with E-state index in [1.54, 1.807) is 11.3 Å². The maximum Gasteiger partial charge on any atom is 0.0897 e. The first-order chi connectivity index (χ1) is 8.65. The van der Waals surface area contributed by atoms with Gasteiger partial charge in [0, 0.05) is 24.4 Å². The molecule has 0 spiro atoms. The molecule has 0 saturated carbocycles. The number of hydrogen-bond donors (Lipinski definition) is 0. The Kier molecular flexibility index (Phi) is 5.15. The second kappa shape index (κ2) is 6.64. The molecule has 0 amide bonds. The molecule has 0 aromatic carbocycles. The molecule has 1 aromatic rings. The monoisotopic (exact) mass is 267 g/mol. The van der Waals surface area contributed by atoms with Crippen LogP contribution in [-0.4, -0.2) is 54.6 Å². The van der Waals surface area contributed by atoms with Crippen LogP contribution in [-0.2, 0) is 6.42 Å². The molecule has 2 heterocycles. The Morgan fingerprint density at radius 2 is 2.22 bits per heavy atom. The molecule has 18 heavy (non-hydrogen) atoms. The summed E-state index contributed by atoms with van der Waals surface area (Å²) >= 11 is 1.76. The van der Waals surface area contributed by atoms with E-state index in [0.29, 0.717) is 0 Å². The van der Waals surface area contributed by atoms with Crippen LogP contribution in [0.3, 0.4) is 0 Å². The van der Waals surface area contributed by atoms with Crippen LogP contribution in [0.1, 0.15) is 30.0 Å². The Balaban J connectivity index is 1.77. The fraction of sp³-hybridized carbons (Fsp3) is 0.786. The summed E-state index contributed by atoms with van der Waals surface area (Å²) < 4.78 is 0. The number of rotatable bonds is 4. The van der Waals surface area contributed by atoms with Gasteiger partial charge in [-0.3, -0.25) is 0 Å². The van der Waals surface area contributed by atoms with Gasteiger partial charge in [-0.1, -0.05) is 0 Å². The zero-order chi connectivity index (χ0) is 13.0. The molecule has 1 atom stereocenters. The smallest absolute Gasteiger partial charge is 0.0897 e. The van der Waals surface area contributed by atoms with Crippen molar-refractivity contribution in [2.75, 3.05) is 33.7 Å². The van der Waals surface area contributed by atoms with Gasteiger partial charge in [0.15, 0.2) is 0 Å². The highest BCUT2D eigenvalue weighted by atomic mass is 32.1. The second-order valence-electron chi connectivity index (χ2n) is 5.50. The Hall–Kier alpha value is -0.450. The molecule has 1 fully saturated rings. The zero-order valence-corrected chi connectivity index (χ0v) is 12.7. The number of hydrogen-bond acceptors (Lipinski definition) is 4. The number of likely N-dealkylation sites (tertiary alicyclic amines) is 1. The maximum atomic E-state index is 4.55. The highest BCUT2D eigenvalue weighted by Gasteiger charge is 2.18. The summed E-state index contributed by atoms with van der Waals surface area (Å²) in [7, 11) is 4.41. The molecular formula is C14H25N3S. The summed E-state index contributed by atoms with van der Waals surface area (Å²) in [4.78, 5) is 9.54. The van der Waals surface area contributed by atoms with E-state index in [4.69, 9.17) is 0 Å². The third kappa shape index (κ3) is 4.04. The zero-order valence-electron chi connectivity index (χ0n) is 11.9. The van der Waals surface area contributed by atoms with Gasteiger partial charge < -0.3 is 9.80 Å². The highest BCUT2D eigenvalue weighted by Crippen LogP contribution is 2.15. The molecule has 102 valence electrons. The maximum absolute atomic E-state index is 4.55. The van der Waals surface area contributed by atoms with E-state index in [0.717, 1.165) is 12.5 Å². The lowest BCUT2D eigenvalue weighted by Crippen LogP contribution is -2.31. The minimum atomic E-state index is 0.775. The van der Waals surface area contributed by atoms with Crippen LogP contribution in [0.5, 0.6) is 0 Å². The third-order valence-electron chi connectivity index (χ3n) is 3.87. The molecule has 0 radical (unpaired) electrons. The van der Waals surface area contributed by atoms with Gasteiger partial charge >= 0.3 is 0 Å². The average molecular weight is 267 g/mol. The molecule has 0 unspecified atom stereocenters. The van der Waals surface area contributed by atoms with Crippen molar-refractivity contribution in [1.82, 2.24) is 14.8 Å². The number of nitrogens with zero attached hydrogens (tertiary/aromatic N) is 3. The van der Waals surface area contributed by atoms with E-state index >= 15 is 0 Å². The van der Waals surface area contributed by atoms with Crippen LogP contribution in [0, 0.1) is 6.92 Å². The first kappa shape index (κ1) is 14.0. The van der Waals surface area contributed by atoms with Crippen LogP contribution >= 0.6 is 11.3 Å². The summed E-state index contributed by atoms with van der Waals surface area (Å²) in [5.41, 5.74) is 1.27. The average Bonchev–Trinajstić information content (AvgIpc) is 2.62. The summed E-state index contributed by atoms with van der Waals surface area (Å²) in [5, 5.41) is 3.39. The van der Waals surface area contributed by atoms with Gasteiger partial charge in [-0.15, -0.1) is 11.3 Å². The summed E-state index contributed by atoms with van der Waals surface area (Å²) in [6.45, 7) is 5.75. The number of aryl methyl sites for hydroxylation is 1. The van der Waals surface area contributed by atoms with E-state index in [1.807, 2.05) is 0 Å². The topological polar surface area (TPSA) is 19.4 Å². The number of thiazole rings is 1. The van der Waals surface area contributed by atoms with Crippen molar-refractivity contribution in [3.05, 3.63) is 16.1 Å². The van der Waals surface area contributed by atoms with Gasteiger partial charge in [0.05, 0.1) is 10.7 Å². The van der Waals surface area contributed by atoms with E-state index < -0.39 is 0 Å². The lowest BCUT2D eigenvalue weighted by Gasteiger charge is -2.23. The van der Waals surface area contributed by atoms with Crippen molar-refractivity contribution in [2.45, 2.75) is 38.6 Å². The third-order valence-corrected chi connectivity index (χ3v) is 4.69. The Morgan fingerprint density at radius 1 is 1.39 bits per heavy atom. The fourth-order valence-corrected chi connectivity index (χ4v) is 3.32. The predicted molar refractivity (Wildman–Crippen MR) is 78.3 cm³/mol.